The summed E-state index contributed by atoms with van der Waals surface area (Å²) in [5, 5.41) is 0. The van der Waals surface area contributed by atoms with Crippen molar-refractivity contribution in [2.24, 2.45) is 0 Å². The van der Waals surface area contributed by atoms with E-state index in [0.29, 0.717) is 0 Å². The van der Waals surface area contributed by atoms with Crippen LogP contribution in [0.3, 0.4) is 0 Å². The quantitative estimate of drug-likeness (QED) is 0.417. The summed E-state index contributed by atoms with van der Waals surface area (Å²) in [6, 6.07) is 0. The third kappa shape index (κ3) is 8.85. The largest absolute Gasteiger partial charge is 0.187 e. The van der Waals surface area contributed by atoms with Crippen molar-refractivity contribution in [3.05, 3.63) is 0 Å². The molecule has 0 saturated carbocycles. The van der Waals surface area contributed by atoms with Crippen LogP contribution in [-0.4, -0.2) is 34.7 Å². The summed E-state index contributed by atoms with van der Waals surface area (Å²) >= 11 is 0. The van der Waals surface area contributed by atoms with Gasteiger partial charge < -0.3 is 0 Å². The van der Waals surface area contributed by atoms with Crippen molar-refractivity contribution in [3.63, 3.8) is 0 Å². The van der Waals surface area contributed by atoms with Crippen molar-refractivity contribution in [2.75, 3.05) is 0 Å². The molecule has 4 heteroatoms. The van der Waals surface area contributed by atoms with Crippen molar-refractivity contribution in [1.29, 1.82) is 0 Å². The van der Waals surface area contributed by atoms with Crippen molar-refractivity contribution in [3.8, 4) is 0 Å². The van der Waals surface area contributed by atoms with Crippen LogP contribution in [0.25, 0.3) is 0 Å². The Morgan fingerprint density at radius 1 is 0.500 bits per heavy atom. The van der Waals surface area contributed by atoms with E-state index >= 15 is 0 Å². The molecule has 0 aromatic carbocycles. The molecule has 0 nitrogen and oxygen atoms in total. The Labute approximate surface area is 85.6 Å². The molecule has 0 heterocycles. The molecule has 0 amide bonds. The molecule has 0 aromatic rings. The van der Waals surface area contributed by atoms with Gasteiger partial charge in [-0.2, -0.15) is 0 Å². The normalized spacial score (nSPS) is 0. The fourth-order valence-electron chi connectivity index (χ4n) is 0. The van der Waals surface area contributed by atoms with Gasteiger partial charge in [0.1, 0.15) is 0 Å². The van der Waals surface area contributed by atoms with Crippen LogP contribution in [0, 0.1) is 0 Å². The van der Waals surface area contributed by atoms with Gasteiger partial charge in [-0.05, 0) is 0 Å². The first-order valence-corrected chi connectivity index (χ1v) is 0. The average molecular weight is 242 g/mol. The van der Waals surface area contributed by atoms with E-state index in [1.807, 2.05) is 0 Å². The van der Waals surface area contributed by atoms with E-state index in [1.54, 1.807) is 0 Å². The number of hydrogen-bond acceptors (Lipinski definition) is 0. The first-order chi connectivity index (χ1) is 0. The van der Waals surface area contributed by atoms with Crippen LogP contribution in [-0.2, 0) is 52.4 Å². The first kappa shape index (κ1) is 29.0. The van der Waals surface area contributed by atoms with Crippen LogP contribution in [0.15, 0.2) is 0 Å². The smallest absolute Gasteiger partial charge is 0 e. The second kappa shape index (κ2) is 17.0. The summed E-state index contributed by atoms with van der Waals surface area (Å²) < 4.78 is 0. The Hall–Kier alpha value is 2.83. The Morgan fingerprint density at radius 3 is 0.500 bits per heavy atom. The molecular weight excluding hydrogens is 236 g/mol. The van der Waals surface area contributed by atoms with Crippen LogP contribution in [0.4, 0.5) is 0 Å². The van der Waals surface area contributed by atoms with Gasteiger partial charge in [-0.1, -0.05) is 0 Å². The Bertz CT molecular complexity index is 4.00. The number of rotatable bonds is 0. The summed E-state index contributed by atoms with van der Waals surface area (Å²) in [7, 11) is 0. The van der Waals surface area contributed by atoms with Crippen molar-refractivity contribution >= 4 is 34.7 Å². The molecule has 20 valence electrons. The minimum atomic E-state index is 0. The van der Waals surface area contributed by atoms with E-state index in [2.05, 4.69) is 0 Å². The number of hydrogen-bond donors (Lipinski definition) is 0. The summed E-state index contributed by atoms with van der Waals surface area (Å²) in [6.07, 6.45) is 0. The maximum atomic E-state index is 0. The van der Waals surface area contributed by atoms with Gasteiger partial charge in [-0.25, -0.2) is 0 Å². The zero-order valence-corrected chi connectivity index (χ0v) is 5.92. The molecule has 0 aliphatic heterocycles. The third-order valence-corrected chi connectivity index (χ3v) is 0. The van der Waals surface area contributed by atoms with Crippen LogP contribution < -0.4 is 0 Å². The summed E-state index contributed by atoms with van der Waals surface area (Å²) in [5.41, 5.74) is 0. The van der Waals surface area contributed by atoms with Gasteiger partial charge in [0.15, 0.2) is 34.7 Å². The Morgan fingerprint density at radius 2 is 0.500 bits per heavy atom. The van der Waals surface area contributed by atoms with E-state index in [9.17, 15) is 0 Å². The fraction of sp³-hybridized carbons (Fsp3) is 0. The van der Waals surface area contributed by atoms with Crippen molar-refractivity contribution in [2.45, 2.75) is 0 Å². The standard InChI is InChI=1S/2Al.2Zr.6H. The topological polar surface area (TPSA) is 0 Å². The monoisotopic (exact) mass is 240 g/mol. The molecule has 0 unspecified atom stereocenters. The SMILES string of the molecule is [AlH3].[AlH3].[Zr].[Zr]. The second-order valence-electron chi connectivity index (χ2n) is 0. The molecule has 0 bridgehead atoms. The van der Waals surface area contributed by atoms with E-state index in [0.717, 1.165) is 0 Å². The van der Waals surface area contributed by atoms with Crippen molar-refractivity contribution in [1.82, 2.24) is 0 Å². The predicted molar refractivity (Wildman–Crippen MR) is 19.9 cm³/mol. The van der Waals surface area contributed by atoms with Crippen LogP contribution >= 0.6 is 0 Å². The molecular formula is H6Al2Zr2. The van der Waals surface area contributed by atoms with E-state index in [-0.39, 0.29) is 87.1 Å². The minimum Gasteiger partial charge on any atom is 0 e. The van der Waals surface area contributed by atoms with Crippen LogP contribution in [0.5, 0.6) is 0 Å². The molecule has 0 saturated heterocycles. The van der Waals surface area contributed by atoms with Gasteiger partial charge in [0.2, 0.25) is 0 Å². The molecule has 4 heavy (non-hydrogen) atoms. The average Bonchev–Trinajstić information content (AvgIpc) is 0. The maximum Gasteiger partial charge on any atom is 0.187 e. The molecule has 0 aliphatic carbocycles. The van der Waals surface area contributed by atoms with Gasteiger partial charge >= 0.3 is 0 Å². The van der Waals surface area contributed by atoms with Gasteiger partial charge in [0.25, 0.3) is 0 Å². The minimum absolute atomic E-state index is 0. The predicted octanol–water partition coefficient (Wildman–Crippen LogP) is -2.37. The van der Waals surface area contributed by atoms with Crippen molar-refractivity contribution < 1.29 is 52.4 Å². The third-order valence-electron chi connectivity index (χ3n) is 0. The summed E-state index contributed by atoms with van der Waals surface area (Å²) in [4.78, 5) is 0. The molecule has 0 aromatic heterocycles. The zero-order valence-electron chi connectivity index (χ0n) is 1.00. The van der Waals surface area contributed by atoms with Gasteiger partial charge in [0, 0.05) is 52.4 Å². The molecule has 0 spiro atoms. The molecule has 0 N–H and O–H groups in total. The van der Waals surface area contributed by atoms with Gasteiger partial charge in [-0.3, -0.25) is 0 Å². The van der Waals surface area contributed by atoms with Gasteiger partial charge in [0.05, 0.1) is 0 Å². The van der Waals surface area contributed by atoms with E-state index in [1.165, 1.54) is 0 Å². The maximum absolute atomic E-state index is 0. The molecule has 0 aliphatic rings. The molecule has 0 atom stereocenters. The van der Waals surface area contributed by atoms with Gasteiger partial charge in [-0.15, -0.1) is 0 Å². The Kier molecular flexibility index (Phi) is 123. The summed E-state index contributed by atoms with van der Waals surface area (Å²) in [6.45, 7) is 0. The summed E-state index contributed by atoms with van der Waals surface area (Å²) in [5.74, 6) is 0. The van der Waals surface area contributed by atoms with Crippen LogP contribution in [0.2, 0.25) is 0 Å². The Balaban J connectivity index is 0. The molecule has 0 radical (unpaired) electrons. The van der Waals surface area contributed by atoms with E-state index < -0.39 is 0 Å². The second-order valence-corrected chi connectivity index (χ2v) is 0. The fourth-order valence-corrected chi connectivity index (χ4v) is 0. The zero-order chi connectivity index (χ0) is 0. The first-order valence-electron chi connectivity index (χ1n) is 0. The van der Waals surface area contributed by atoms with E-state index in [4.69, 9.17) is 0 Å². The molecule has 0 rings (SSSR count). The molecule has 0 fully saturated rings. The van der Waals surface area contributed by atoms with Crippen LogP contribution in [0.1, 0.15) is 0 Å².